The number of amides is 2. The molecule has 13 nitrogen and oxygen atoms in total. The van der Waals surface area contributed by atoms with E-state index in [-0.39, 0.29) is 17.2 Å². The molecule has 1 heterocycles. The maximum absolute atomic E-state index is 13.6. The van der Waals surface area contributed by atoms with Crippen LogP contribution in [0.2, 0.25) is 0 Å². The molecular formula is C39H50N4O9. The fourth-order valence-corrected chi connectivity index (χ4v) is 7.16. The lowest BCUT2D eigenvalue weighted by molar-refractivity contribution is -0.133. The molecule has 52 heavy (non-hydrogen) atoms. The van der Waals surface area contributed by atoms with Gasteiger partial charge in [-0.1, -0.05) is 12.1 Å². The second kappa shape index (κ2) is 17.4. The van der Waals surface area contributed by atoms with Gasteiger partial charge in [0.15, 0.2) is 23.0 Å². The summed E-state index contributed by atoms with van der Waals surface area (Å²) in [6.07, 6.45) is 2.11. The standard InChI is InChI=1S/C39H50N4O9/c1-24(44)41-29-13-10-25-21-33(48-3)38(51-6)39(52-7)35(25)27-12-14-30(31(45)22-28(27)29)40-16-8-9-34(46)43-19-17-42(18-20-43)23-26-11-15-32(47-2)37(50-5)36(26)49-4/h11-12,14-15,21-22,29H,8-10,13,16-20,23H2,1-7H3,(H,40,45)(H,41,44). The second-order valence-electron chi connectivity index (χ2n) is 12.8. The summed E-state index contributed by atoms with van der Waals surface area (Å²) in [6.45, 7) is 5.30. The number of aryl methyl sites for hydroxylation is 1. The molecule has 0 radical (unpaired) electrons. The van der Waals surface area contributed by atoms with Crippen molar-refractivity contribution in [2.75, 3.05) is 80.7 Å². The van der Waals surface area contributed by atoms with Crippen molar-refractivity contribution in [2.45, 2.75) is 45.2 Å². The largest absolute Gasteiger partial charge is 0.493 e. The summed E-state index contributed by atoms with van der Waals surface area (Å²) in [6, 6.07) is 10.6. The first kappa shape index (κ1) is 38.1. The summed E-state index contributed by atoms with van der Waals surface area (Å²) in [5, 5.41) is 6.29. The highest BCUT2D eigenvalue weighted by Crippen LogP contribution is 2.50. The third-order valence-electron chi connectivity index (χ3n) is 9.70. The van der Waals surface area contributed by atoms with Gasteiger partial charge in [-0.15, -0.1) is 0 Å². The van der Waals surface area contributed by atoms with Crippen molar-refractivity contribution in [2.24, 2.45) is 0 Å². The van der Waals surface area contributed by atoms with Gasteiger partial charge in [-0.3, -0.25) is 19.3 Å². The number of methoxy groups -OCH3 is 6. The van der Waals surface area contributed by atoms with Gasteiger partial charge in [0.05, 0.1) is 54.4 Å². The molecule has 1 aliphatic carbocycles. The molecule has 2 amide bonds. The number of ether oxygens (including phenoxy) is 6. The molecule has 0 bridgehead atoms. The topological polar surface area (TPSA) is 137 Å². The summed E-state index contributed by atoms with van der Waals surface area (Å²) >= 11 is 0. The SMILES string of the molecule is COc1ccc(CN2CCN(C(=O)CCCNc3ccc4c(cc3=O)C(NC(C)=O)CCc3cc(OC)c(OC)c(OC)c3-4)CC2)c(OC)c1OC. The first-order chi connectivity index (χ1) is 25.2. The van der Waals surface area contributed by atoms with Gasteiger partial charge in [-0.05, 0) is 60.2 Å². The molecule has 0 spiro atoms. The average molecular weight is 719 g/mol. The van der Waals surface area contributed by atoms with Crippen LogP contribution in [-0.2, 0) is 22.6 Å². The van der Waals surface area contributed by atoms with Crippen LogP contribution in [0.15, 0.2) is 41.2 Å². The van der Waals surface area contributed by atoms with Crippen LogP contribution in [0.5, 0.6) is 34.5 Å². The normalized spacial score (nSPS) is 15.4. The van der Waals surface area contributed by atoms with E-state index in [9.17, 15) is 14.4 Å². The number of nitrogens with one attached hydrogen (secondary N) is 2. The molecule has 1 aliphatic heterocycles. The summed E-state index contributed by atoms with van der Waals surface area (Å²) in [7, 11) is 9.50. The number of benzene rings is 2. The number of fused-ring (bicyclic) bond motifs is 3. The van der Waals surface area contributed by atoms with E-state index in [1.807, 2.05) is 29.2 Å². The number of carbonyl (C=O) groups excluding carboxylic acids is 2. The van der Waals surface area contributed by atoms with Crippen LogP contribution in [0.4, 0.5) is 5.69 Å². The fraction of sp³-hybridized carbons (Fsp3) is 0.462. The van der Waals surface area contributed by atoms with Crippen LogP contribution >= 0.6 is 0 Å². The van der Waals surface area contributed by atoms with Crippen LogP contribution in [-0.4, -0.2) is 97.0 Å². The maximum Gasteiger partial charge on any atom is 0.222 e. The molecule has 13 heteroatoms. The molecule has 3 aromatic rings. The van der Waals surface area contributed by atoms with Crippen LogP contribution in [0.3, 0.4) is 0 Å². The Labute approximate surface area is 305 Å². The molecule has 3 aromatic carbocycles. The number of hydrogen-bond donors (Lipinski definition) is 2. The van der Waals surface area contributed by atoms with Crippen LogP contribution in [0, 0.1) is 0 Å². The predicted molar refractivity (Wildman–Crippen MR) is 198 cm³/mol. The van der Waals surface area contributed by atoms with Crippen LogP contribution < -0.4 is 44.5 Å². The van der Waals surface area contributed by atoms with Crippen LogP contribution in [0.25, 0.3) is 11.1 Å². The second-order valence-corrected chi connectivity index (χ2v) is 12.8. The maximum atomic E-state index is 13.6. The molecule has 2 aliphatic rings. The Morgan fingerprint density at radius 1 is 0.788 bits per heavy atom. The number of carbonyl (C=O) groups is 2. The zero-order chi connectivity index (χ0) is 37.4. The highest BCUT2D eigenvalue weighted by molar-refractivity contribution is 5.84. The first-order valence-corrected chi connectivity index (χ1v) is 17.5. The van der Waals surface area contributed by atoms with Gasteiger partial charge in [-0.25, -0.2) is 0 Å². The molecule has 0 saturated carbocycles. The van der Waals surface area contributed by atoms with Crippen molar-refractivity contribution in [3.05, 3.63) is 63.3 Å². The third kappa shape index (κ3) is 8.14. The van der Waals surface area contributed by atoms with Crippen molar-refractivity contribution in [3.8, 4) is 45.6 Å². The van der Waals surface area contributed by atoms with Gasteiger partial charge < -0.3 is 44.0 Å². The van der Waals surface area contributed by atoms with E-state index in [0.717, 1.165) is 35.3 Å². The Hall–Kier alpha value is -5.17. The summed E-state index contributed by atoms with van der Waals surface area (Å²) in [4.78, 5) is 43.2. The van der Waals surface area contributed by atoms with Crippen molar-refractivity contribution in [3.63, 3.8) is 0 Å². The molecule has 1 fully saturated rings. The van der Waals surface area contributed by atoms with Crippen molar-refractivity contribution in [1.29, 1.82) is 0 Å². The van der Waals surface area contributed by atoms with E-state index >= 15 is 0 Å². The van der Waals surface area contributed by atoms with E-state index in [1.165, 1.54) is 6.92 Å². The van der Waals surface area contributed by atoms with E-state index < -0.39 is 6.04 Å². The fourth-order valence-electron chi connectivity index (χ4n) is 7.16. The van der Waals surface area contributed by atoms with Gasteiger partial charge in [0.1, 0.15) is 0 Å². The minimum absolute atomic E-state index is 0.0871. The molecule has 1 atom stereocenters. The van der Waals surface area contributed by atoms with Crippen molar-refractivity contribution >= 4 is 17.5 Å². The Kier molecular flexibility index (Phi) is 12.7. The molecule has 2 N–H and O–H groups in total. The molecular weight excluding hydrogens is 668 g/mol. The predicted octanol–water partition coefficient (Wildman–Crippen LogP) is 4.43. The summed E-state index contributed by atoms with van der Waals surface area (Å²) in [5.41, 5.74) is 4.37. The van der Waals surface area contributed by atoms with Crippen molar-refractivity contribution < 1.29 is 38.0 Å². The average Bonchev–Trinajstić information content (AvgIpc) is 3.40. The molecule has 5 rings (SSSR count). The molecule has 1 saturated heterocycles. The highest BCUT2D eigenvalue weighted by Gasteiger charge is 2.30. The van der Waals surface area contributed by atoms with Gasteiger partial charge in [-0.2, -0.15) is 0 Å². The minimum atomic E-state index is -0.395. The quantitative estimate of drug-likeness (QED) is 0.229. The molecule has 0 aromatic heterocycles. The van der Waals surface area contributed by atoms with E-state index in [2.05, 4.69) is 15.5 Å². The Morgan fingerprint density at radius 3 is 2.10 bits per heavy atom. The lowest BCUT2D eigenvalue weighted by atomic mass is 9.95. The summed E-state index contributed by atoms with van der Waals surface area (Å²) < 4.78 is 33.7. The molecule has 1 unspecified atom stereocenters. The van der Waals surface area contributed by atoms with Gasteiger partial charge in [0.25, 0.3) is 0 Å². The Bertz CT molecular complexity index is 1820. The van der Waals surface area contributed by atoms with E-state index in [0.29, 0.717) is 97.6 Å². The smallest absolute Gasteiger partial charge is 0.222 e. The monoisotopic (exact) mass is 718 g/mol. The van der Waals surface area contributed by atoms with E-state index in [4.69, 9.17) is 28.4 Å². The highest BCUT2D eigenvalue weighted by atomic mass is 16.5. The number of hydrogen-bond acceptors (Lipinski definition) is 11. The first-order valence-electron chi connectivity index (χ1n) is 17.5. The van der Waals surface area contributed by atoms with Crippen LogP contribution in [0.1, 0.15) is 48.9 Å². The van der Waals surface area contributed by atoms with Crippen molar-refractivity contribution in [1.82, 2.24) is 15.1 Å². The minimum Gasteiger partial charge on any atom is -0.493 e. The zero-order valence-electron chi connectivity index (χ0n) is 31.2. The number of anilines is 1. The molecule has 280 valence electrons. The lowest BCUT2D eigenvalue weighted by Crippen LogP contribution is -2.48. The van der Waals surface area contributed by atoms with E-state index in [1.54, 1.807) is 54.8 Å². The number of nitrogens with zero attached hydrogens (tertiary/aromatic N) is 2. The number of rotatable bonds is 14. The van der Waals surface area contributed by atoms with Gasteiger partial charge in [0.2, 0.25) is 28.7 Å². The lowest BCUT2D eigenvalue weighted by Gasteiger charge is -2.35. The number of piperazine rings is 1. The third-order valence-corrected chi connectivity index (χ3v) is 9.70. The Balaban J connectivity index is 1.24. The van der Waals surface area contributed by atoms with Gasteiger partial charge >= 0.3 is 0 Å². The zero-order valence-corrected chi connectivity index (χ0v) is 31.2. The summed E-state index contributed by atoms with van der Waals surface area (Å²) in [5.74, 6) is 3.20. The Morgan fingerprint density at radius 2 is 1.46 bits per heavy atom. The van der Waals surface area contributed by atoms with Gasteiger partial charge in [0, 0.05) is 63.7 Å².